The highest BCUT2D eigenvalue weighted by Crippen LogP contribution is 2.48. The van der Waals surface area contributed by atoms with Gasteiger partial charge in [-0.2, -0.15) is 5.26 Å². The summed E-state index contributed by atoms with van der Waals surface area (Å²) < 4.78 is 32.3. The Morgan fingerprint density at radius 3 is 2.26 bits per heavy atom. The van der Waals surface area contributed by atoms with Crippen molar-refractivity contribution in [1.29, 1.82) is 5.26 Å². The predicted octanol–water partition coefficient (Wildman–Crippen LogP) is 4.90. The normalized spacial score (nSPS) is 20.5. The van der Waals surface area contributed by atoms with E-state index in [-0.39, 0.29) is 23.4 Å². The lowest BCUT2D eigenvalue weighted by Crippen LogP contribution is -2.19. The summed E-state index contributed by atoms with van der Waals surface area (Å²) in [4.78, 5) is 0. The number of halogens is 2. The van der Waals surface area contributed by atoms with Crippen molar-refractivity contribution in [3.63, 3.8) is 0 Å². The Labute approximate surface area is 155 Å². The van der Waals surface area contributed by atoms with E-state index in [9.17, 15) is 14.0 Å². The highest BCUT2D eigenvalue weighted by Gasteiger charge is 2.36. The molecule has 134 valence electrons. The van der Waals surface area contributed by atoms with Crippen LogP contribution in [0, 0.1) is 23.0 Å². The summed E-state index contributed by atoms with van der Waals surface area (Å²) in [7, 11) is 0. The van der Waals surface area contributed by atoms with Crippen LogP contribution in [0.15, 0.2) is 76.9 Å². The van der Waals surface area contributed by atoms with Crippen molar-refractivity contribution < 1.29 is 13.5 Å². The number of nitriles is 1. The first kappa shape index (κ1) is 17.0. The van der Waals surface area contributed by atoms with Gasteiger partial charge in [0, 0.05) is 5.92 Å². The average Bonchev–Trinajstić information content (AvgIpc) is 3.05. The molecule has 5 heteroatoms. The molecule has 0 fully saturated rings. The van der Waals surface area contributed by atoms with Crippen molar-refractivity contribution in [2.45, 2.75) is 18.8 Å². The topological polar surface area (TPSA) is 59.0 Å². The van der Waals surface area contributed by atoms with Crippen LogP contribution in [-0.4, -0.2) is 0 Å². The van der Waals surface area contributed by atoms with E-state index >= 15 is 0 Å². The van der Waals surface area contributed by atoms with Crippen molar-refractivity contribution in [3.05, 3.63) is 99.7 Å². The quantitative estimate of drug-likeness (QED) is 0.826. The Morgan fingerprint density at radius 1 is 1.00 bits per heavy atom. The number of allylic oxidation sites excluding steroid dienone is 3. The van der Waals surface area contributed by atoms with Gasteiger partial charge < -0.3 is 10.5 Å². The van der Waals surface area contributed by atoms with Gasteiger partial charge in [0.1, 0.15) is 29.0 Å². The van der Waals surface area contributed by atoms with Crippen LogP contribution in [0.3, 0.4) is 0 Å². The summed E-state index contributed by atoms with van der Waals surface area (Å²) in [5.74, 6) is -0.250. The Morgan fingerprint density at radius 2 is 1.63 bits per heavy atom. The summed E-state index contributed by atoms with van der Waals surface area (Å²) in [5, 5.41) is 9.58. The van der Waals surface area contributed by atoms with E-state index in [0.717, 1.165) is 28.7 Å². The molecule has 1 aliphatic heterocycles. The Bertz CT molecular complexity index is 1030. The third-order valence-corrected chi connectivity index (χ3v) is 4.90. The molecular weight excluding hydrogens is 346 g/mol. The number of ether oxygens (including phenoxy) is 1. The summed E-state index contributed by atoms with van der Waals surface area (Å²) in [6, 6.07) is 14.4. The third-order valence-electron chi connectivity index (χ3n) is 4.90. The fourth-order valence-electron chi connectivity index (χ4n) is 3.63. The summed E-state index contributed by atoms with van der Waals surface area (Å²) >= 11 is 0. The molecule has 0 spiro atoms. The van der Waals surface area contributed by atoms with Gasteiger partial charge in [0.25, 0.3) is 0 Å². The monoisotopic (exact) mass is 362 g/mol. The largest absolute Gasteiger partial charge is 0.440 e. The second kappa shape index (κ2) is 6.73. The maximum Gasteiger partial charge on any atom is 0.205 e. The van der Waals surface area contributed by atoms with Crippen LogP contribution in [0.2, 0.25) is 0 Å². The number of hydrogen-bond donors (Lipinski definition) is 1. The lowest BCUT2D eigenvalue weighted by Gasteiger charge is -2.26. The Kier molecular flexibility index (Phi) is 4.25. The van der Waals surface area contributed by atoms with Gasteiger partial charge in [-0.05, 0) is 65.5 Å². The van der Waals surface area contributed by atoms with Gasteiger partial charge in [-0.1, -0.05) is 24.3 Å². The standard InChI is InChI=1S/C22H16F2N2O/c23-16-6-1-13(2-7-16)11-15-5-10-18-20(14-3-8-17(24)9-4-14)19(12-25)22(26)27-21(15)18/h1-4,6-9,11,20H,5,10,26H2/b15-11+/t20-/m0/s1. The van der Waals surface area contributed by atoms with Crippen molar-refractivity contribution in [2.75, 3.05) is 0 Å². The van der Waals surface area contributed by atoms with E-state index in [4.69, 9.17) is 10.5 Å². The van der Waals surface area contributed by atoms with E-state index in [1.165, 1.54) is 24.3 Å². The van der Waals surface area contributed by atoms with Crippen LogP contribution in [0.4, 0.5) is 8.78 Å². The molecule has 0 aromatic heterocycles. The number of benzene rings is 2. The maximum absolute atomic E-state index is 13.3. The maximum atomic E-state index is 13.3. The van der Waals surface area contributed by atoms with E-state index in [1.54, 1.807) is 24.3 Å². The zero-order valence-electron chi connectivity index (χ0n) is 14.4. The first-order chi connectivity index (χ1) is 13.1. The van der Waals surface area contributed by atoms with Gasteiger partial charge in [0.15, 0.2) is 0 Å². The van der Waals surface area contributed by atoms with E-state index in [1.807, 2.05) is 6.08 Å². The summed E-state index contributed by atoms with van der Waals surface area (Å²) in [6.07, 6.45) is 3.38. The minimum atomic E-state index is -0.349. The van der Waals surface area contributed by atoms with E-state index in [2.05, 4.69) is 6.07 Å². The lowest BCUT2D eigenvalue weighted by molar-refractivity contribution is 0.292. The van der Waals surface area contributed by atoms with Crippen LogP contribution < -0.4 is 5.73 Å². The highest BCUT2D eigenvalue weighted by atomic mass is 19.1. The summed E-state index contributed by atoms with van der Waals surface area (Å²) in [5.41, 5.74) is 9.93. The molecule has 2 aliphatic rings. The molecule has 0 bridgehead atoms. The fourth-order valence-corrected chi connectivity index (χ4v) is 3.63. The zero-order chi connectivity index (χ0) is 19.0. The minimum absolute atomic E-state index is 0.0671. The predicted molar refractivity (Wildman–Crippen MR) is 97.7 cm³/mol. The van der Waals surface area contributed by atoms with Gasteiger partial charge in [-0.3, -0.25) is 0 Å². The van der Waals surface area contributed by atoms with E-state index in [0.29, 0.717) is 17.8 Å². The van der Waals surface area contributed by atoms with Crippen molar-refractivity contribution in [1.82, 2.24) is 0 Å². The molecule has 1 heterocycles. The molecule has 2 aromatic rings. The zero-order valence-corrected chi connectivity index (χ0v) is 14.4. The molecule has 27 heavy (non-hydrogen) atoms. The molecular formula is C22H16F2N2O. The van der Waals surface area contributed by atoms with Gasteiger partial charge in [-0.15, -0.1) is 0 Å². The van der Waals surface area contributed by atoms with Crippen LogP contribution >= 0.6 is 0 Å². The van der Waals surface area contributed by atoms with E-state index < -0.39 is 0 Å². The van der Waals surface area contributed by atoms with Crippen molar-refractivity contribution in [3.8, 4) is 6.07 Å². The highest BCUT2D eigenvalue weighted by molar-refractivity contribution is 5.63. The first-order valence-corrected chi connectivity index (χ1v) is 8.59. The third kappa shape index (κ3) is 3.11. The molecule has 4 rings (SSSR count). The molecule has 1 atom stereocenters. The van der Waals surface area contributed by atoms with Gasteiger partial charge in [0.2, 0.25) is 5.88 Å². The van der Waals surface area contributed by atoms with Crippen LogP contribution in [0.1, 0.15) is 29.9 Å². The smallest absolute Gasteiger partial charge is 0.205 e. The van der Waals surface area contributed by atoms with Crippen LogP contribution in [-0.2, 0) is 4.74 Å². The summed E-state index contributed by atoms with van der Waals surface area (Å²) in [6.45, 7) is 0. The lowest BCUT2D eigenvalue weighted by atomic mass is 9.83. The first-order valence-electron chi connectivity index (χ1n) is 8.59. The Balaban J connectivity index is 1.78. The molecule has 0 amide bonds. The minimum Gasteiger partial charge on any atom is -0.440 e. The second-order valence-electron chi connectivity index (χ2n) is 6.55. The number of rotatable bonds is 2. The Hall–Kier alpha value is -3.39. The molecule has 0 saturated carbocycles. The molecule has 3 nitrogen and oxygen atoms in total. The van der Waals surface area contributed by atoms with Gasteiger partial charge in [0.05, 0.1) is 0 Å². The molecule has 2 N–H and O–H groups in total. The molecule has 0 unspecified atom stereocenters. The average molecular weight is 362 g/mol. The van der Waals surface area contributed by atoms with Crippen LogP contribution in [0.25, 0.3) is 6.08 Å². The SMILES string of the molecule is N#CC1=C(N)OC2=C(CC/C2=C\c2ccc(F)cc2)[C@@H]1c1ccc(F)cc1. The molecule has 2 aromatic carbocycles. The molecule has 0 saturated heterocycles. The second-order valence-corrected chi connectivity index (χ2v) is 6.55. The van der Waals surface area contributed by atoms with Crippen molar-refractivity contribution >= 4 is 6.08 Å². The van der Waals surface area contributed by atoms with Crippen LogP contribution in [0.5, 0.6) is 0 Å². The number of nitrogens with zero attached hydrogens (tertiary/aromatic N) is 1. The van der Waals surface area contributed by atoms with Gasteiger partial charge in [-0.25, -0.2) is 8.78 Å². The number of nitrogens with two attached hydrogens (primary N) is 1. The number of hydrogen-bond acceptors (Lipinski definition) is 3. The van der Waals surface area contributed by atoms with Gasteiger partial charge >= 0.3 is 0 Å². The fraction of sp³-hybridized carbons (Fsp3) is 0.136. The molecule has 1 aliphatic carbocycles. The van der Waals surface area contributed by atoms with Crippen molar-refractivity contribution in [2.24, 2.45) is 5.73 Å². The molecule has 0 radical (unpaired) electrons.